The Morgan fingerprint density at radius 2 is 2.32 bits per heavy atom. The van der Waals surface area contributed by atoms with Gasteiger partial charge in [-0.3, -0.25) is 4.98 Å². The summed E-state index contributed by atoms with van der Waals surface area (Å²) in [5.74, 6) is 1.59. The van der Waals surface area contributed by atoms with Crippen LogP contribution in [-0.2, 0) is 0 Å². The van der Waals surface area contributed by atoms with E-state index in [1.54, 1.807) is 25.8 Å². The number of nitrogens with one attached hydrogen (secondary N) is 1. The van der Waals surface area contributed by atoms with Gasteiger partial charge >= 0.3 is 0 Å². The maximum atomic E-state index is 5.59. The first-order chi connectivity index (χ1) is 9.27. The Labute approximate surface area is 121 Å². The lowest BCUT2D eigenvalue weighted by atomic mass is 10.0. The Hall–Kier alpha value is -1.33. The number of aromatic nitrogens is 1. The van der Waals surface area contributed by atoms with Gasteiger partial charge in [-0.25, -0.2) is 0 Å². The molecule has 0 aliphatic rings. The fourth-order valence-electron chi connectivity index (χ4n) is 1.94. The topological polar surface area (TPSA) is 47.3 Å². The summed E-state index contributed by atoms with van der Waals surface area (Å²) < 4.78 is 11.9. The monoisotopic (exact) mass is 324 g/mol. The molecule has 0 fully saturated rings. The summed E-state index contributed by atoms with van der Waals surface area (Å²) in [6.07, 6.45) is 6.19. The molecule has 0 saturated carbocycles. The standard InChI is InChI=1S/C14H17BrN2O2/c1-3-6-17-13(14-11(15)5-8-19-14)10-4-7-16-9-12(10)18-2/h4-5,7-9,13,17H,3,6H2,1-2H3. The van der Waals surface area contributed by atoms with Crippen molar-refractivity contribution in [2.75, 3.05) is 13.7 Å². The van der Waals surface area contributed by atoms with Gasteiger partial charge in [0.2, 0.25) is 0 Å². The normalized spacial score (nSPS) is 12.4. The van der Waals surface area contributed by atoms with Crippen molar-refractivity contribution in [1.29, 1.82) is 0 Å². The molecule has 2 heterocycles. The lowest BCUT2D eigenvalue weighted by molar-refractivity contribution is 0.390. The minimum absolute atomic E-state index is 0.0534. The number of furan rings is 1. The molecule has 0 aromatic carbocycles. The lowest BCUT2D eigenvalue weighted by Gasteiger charge is -2.19. The Balaban J connectivity index is 2.40. The molecule has 2 rings (SSSR count). The molecule has 0 amide bonds. The van der Waals surface area contributed by atoms with Crippen molar-refractivity contribution in [3.05, 3.63) is 46.6 Å². The third-order valence-electron chi connectivity index (χ3n) is 2.85. The molecule has 0 radical (unpaired) electrons. The van der Waals surface area contributed by atoms with E-state index in [4.69, 9.17) is 9.15 Å². The third kappa shape index (κ3) is 3.16. The van der Waals surface area contributed by atoms with Crippen LogP contribution in [0.25, 0.3) is 0 Å². The van der Waals surface area contributed by atoms with Gasteiger partial charge < -0.3 is 14.5 Å². The molecule has 0 bridgehead atoms. The highest BCUT2D eigenvalue weighted by Crippen LogP contribution is 2.33. The van der Waals surface area contributed by atoms with Gasteiger partial charge in [-0.1, -0.05) is 6.92 Å². The summed E-state index contributed by atoms with van der Waals surface area (Å²) in [6.45, 7) is 3.02. The third-order valence-corrected chi connectivity index (χ3v) is 3.51. The SMILES string of the molecule is CCCNC(c1ccncc1OC)c1occc1Br. The van der Waals surface area contributed by atoms with Gasteiger partial charge in [0.15, 0.2) is 0 Å². The van der Waals surface area contributed by atoms with Crippen molar-refractivity contribution in [3.8, 4) is 5.75 Å². The van der Waals surface area contributed by atoms with E-state index in [0.29, 0.717) is 0 Å². The van der Waals surface area contributed by atoms with Crippen LogP contribution in [0.2, 0.25) is 0 Å². The molecular weight excluding hydrogens is 308 g/mol. The molecular formula is C14H17BrN2O2. The molecule has 5 heteroatoms. The molecule has 1 N–H and O–H groups in total. The number of ether oxygens (including phenoxy) is 1. The van der Waals surface area contributed by atoms with Crippen LogP contribution in [0.15, 0.2) is 39.7 Å². The number of methoxy groups -OCH3 is 1. The second kappa shape index (κ2) is 6.73. The Morgan fingerprint density at radius 1 is 1.47 bits per heavy atom. The zero-order valence-corrected chi connectivity index (χ0v) is 12.6. The van der Waals surface area contributed by atoms with E-state index < -0.39 is 0 Å². The summed E-state index contributed by atoms with van der Waals surface area (Å²) in [4.78, 5) is 4.09. The number of hydrogen-bond donors (Lipinski definition) is 1. The second-order valence-electron chi connectivity index (χ2n) is 4.14. The van der Waals surface area contributed by atoms with Crippen molar-refractivity contribution in [2.45, 2.75) is 19.4 Å². The first-order valence-corrected chi connectivity index (χ1v) is 7.01. The van der Waals surface area contributed by atoms with E-state index >= 15 is 0 Å². The van der Waals surface area contributed by atoms with E-state index in [1.165, 1.54) is 0 Å². The predicted octanol–water partition coefficient (Wildman–Crippen LogP) is 3.53. The highest BCUT2D eigenvalue weighted by molar-refractivity contribution is 9.10. The van der Waals surface area contributed by atoms with Crippen molar-refractivity contribution >= 4 is 15.9 Å². The van der Waals surface area contributed by atoms with E-state index in [2.05, 4.69) is 33.2 Å². The first kappa shape index (κ1) is 14.1. The fraction of sp³-hybridized carbons (Fsp3) is 0.357. The Kier molecular flexibility index (Phi) is 4.99. The molecule has 1 atom stereocenters. The van der Waals surface area contributed by atoms with Crippen LogP contribution in [0, 0.1) is 0 Å². The zero-order valence-electron chi connectivity index (χ0n) is 11.0. The van der Waals surface area contributed by atoms with Gasteiger partial charge in [-0.15, -0.1) is 0 Å². The van der Waals surface area contributed by atoms with Gasteiger partial charge in [0.25, 0.3) is 0 Å². The second-order valence-corrected chi connectivity index (χ2v) is 4.99. The summed E-state index contributed by atoms with van der Waals surface area (Å²) in [6, 6.07) is 3.78. The largest absolute Gasteiger partial charge is 0.495 e. The number of halogens is 1. The van der Waals surface area contributed by atoms with Crippen LogP contribution in [-0.4, -0.2) is 18.6 Å². The van der Waals surface area contributed by atoms with Crippen LogP contribution in [0.3, 0.4) is 0 Å². The molecule has 2 aromatic heterocycles. The Morgan fingerprint density at radius 3 is 2.95 bits per heavy atom. The van der Waals surface area contributed by atoms with E-state index in [1.807, 2.05) is 12.1 Å². The molecule has 0 spiro atoms. The quantitative estimate of drug-likeness (QED) is 0.882. The zero-order chi connectivity index (χ0) is 13.7. The minimum atomic E-state index is -0.0534. The molecule has 2 aromatic rings. The first-order valence-electron chi connectivity index (χ1n) is 6.22. The minimum Gasteiger partial charge on any atom is -0.495 e. The highest BCUT2D eigenvalue weighted by Gasteiger charge is 2.22. The molecule has 4 nitrogen and oxygen atoms in total. The number of pyridine rings is 1. The summed E-state index contributed by atoms with van der Waals surface area (Å²) in [5.41, 5.74) is 1.02. The predicted molar refractivity (Wildman–Crippen MR) is 77.3 cm³/mol. The number of rotatable bonds is 6. The van der Waals surface area contributed by atoms with E-state index in [-0.39, 0.29) is 6.04 Å². The average Bonchev–Trinajstić information content (AvgIpc) is 2.86. The maximum absolute atomic E-state index is 5.59. The van der Waals surface area contributed by atoms with Gasteiger partial charge in [0, 0.05) is 11.8 Å². The van der Waals surface area contributed by atoms with Crippen molar-refractivity contribution in [2.24, 2.45) is 0 Å². The molecule has 1 unspecified atom stereocenters. The molecule has 0 saturated heterocycles. The molecule has 19 heavy (non-hydrogen) atoms. The molecule has 0 aliphatic carbocycles. The fourth-order valence-corrected chi connectivity index (χ4v) is 2.37. The van der Waals surface area contributed by atoms with Crippen LogP contribution in [0.5, 0.6) is 5.75 Å². The van der Waals surface area contributed by atoms with Crippen molar-refractivity contribution in [1.82, 2.24) is 10.3 Å². The van der Waals surface area contributed by atoms with Crippen LogP contribution in [0.4, 0.5) is 0 Å². The van der Waals surface area contributed by atoms with Gasteiger partial charge in [-0.05, 0) is 41.0 Å². The van der Waals surface area contributed by atoms with Crippen molar-refractivity contribution in [3.63, 3.8) is 0 Å². The van der Waals surface area contributed by atoms with Gasteiger partial charge in [-0.2, -0.15) is 0 Å². The lowest BCUT2D eigenvalue weighted by Crippen LogP contribution is -2.23. The average molecular weight is 325 g/mol. The van der Waals surface area contributed by atoms with Crippen LogP contribution < -0.4 is 10.1 Å². The van der Waals surface area contributed by atoms with Crippen LogP contribution >= 0.6 is 15.9 Å². The van der Waals surface area contributed by atoms with Crippen LogP contribution in [0.1, 0.15) is 30.7 Å². The van der Waals surface area contributed by atoms with Gasteiger partial charge in [0.05, 0.1) is 30.1 Å². The smallest absolute Gasteiger partial charge is 0.142 e. The van der Waals surface area contributed by atoms with Gasteiger partial charge in [0.1, 0.15) is 11.5 Å². The summed E-state index contributed by atoms with van der Waals surface area (Å²) in [5, 5.41) is 3.47. The Bertz CT molecular complexity index is 528. The maximum Gasteiger partial charge on any atom is 0.142 e. The highest BCUT2D eigenvalue weighted by atomic mass is 79.9. The molecule has 0 aliphatic heterocycles. The number of hydrogen-bond acceptors (Lipinski definition) is 4. The van der Waals surface area contributed by atoms with E-state index in [0.717, 1.165) is 34.5 Å². The number of nitrogens with zero attached hydrogens (tertiary/aromatic N) is 1. The summed E-state index contributed by atoms with van der Waals surface area (Å²) >= 11 is 3.51. The van der Waals surface area contributed by atoms with Crippen molar-refractivity contribution < 1.29 is 9.15 Å². The summed E-state index contributed by atoms with van der Waals surface area (Å²) in [7, 11) is 1.65. The molecule has 102 valence electrons. The van der Waals surface area contributed by atoms with E-state index in [9.17, 15) is 0 Å².